The Kier molecular flexibility index (Phi) is 7.80. The van der Waals surface area contributed by atoms with Crippen LogP contribution in [0.1, 0.15) is 25.0 Å². The number of hydrogen-bond acceptors (Lipinski definition) is 3. The quantitative estimate of drug-likeness (QED) is 0.563. The second-order valence-electron chi connectivity index (χ2n) is 6.15. The maximum absolute atomic E-state index is 5.68. The predicted octanol–water partition coefficient (Wildman–Crippen LogP) is 3.41. The highest BCUT2D eigenvalue weighted by atomic mass is 16.5. The summed E-state index contributed by atoms with van der Waals surface area (Å²) in [5.74, 6) is 1.72. The Hall–Kier alpha value is -2.69. The van der Waals surface area contributed by atoms with Gasteiger partial charge in [-0.05, 0) is 37.6 Å². The second kappa shape index (κ2) is 10.3. The van der Waals surface area contributed by atoms with Crippen LogP contribution in [-0.2, 0) is 13.1 Å². The van der Waals surface area contributed by atoms with E-state index in [1.165, 1.54) is 11.3 Å². The largest absolute Gasteiger partial charge is 0.494 e. The summed E-state index contributed by atoms with van der Waals surface area (Å²) in [4.78, 5) is 6.78. The summed E-state index contributed by atoms with van der Waals surface area (Å²) in [6.45, 7) is 6.85. The molecule has 0 unspecified atom stereocenters. The molecule has 0 bridgehead atoms. The van der Waals surface area contributed by atoms with E-state index in [9.17, 15) is 0 Å². The fourth-order valence-corrected chi connectivity index (χ4v) is 2.54. The Balaban J connectivity index is 2.00. The molecule has 26 heavy (non-hydrogen) atoms. The molecule has 0 aromatic heterocycles. The lowest BCUT2D eigenvalue weighted by molar-refractivity contribution is 0.336. The van der Waals surface area contributed by atoms with Crippen LogP contribution in [0.15, 0.2) is 53.5 Å². The number of nitrogens with zero attached hydrogens (tertiary/aromatic N) is 2. The number of guanidine groups is 1. The number of aliphatic imine (C=N–C) groups is 1. The first-order valence-electron chi connectivity index (χ1n) is 9.13. The molecule has 0 fully saturated rings. The van der Waals surface area contributed by atoms with Crippen LogP contribution in [0.4, 0.5) is 5.69 Å². The van der Waals surface area contributed by atoms with Crippen molar-refractivity contribution in [2.24, 2.45) is 4.99 Å². The molecule has 0 heterocycles. The normalized spacial score (nSPS) is 11.2. The standard InChI is InChI=1S/C21H30N4O/c1-5-22-21(23-15-17-11-13-19(14-12-17)25(3)4)24-16-18-9-7-8-10-20(18)26-6-2/h7-14H,5-6,15-16H2,1-4H3,(H2,22,23,24). The Bertz CT molecular complexity index is 695. The van der Waals surface area contributed by atoms with Crippen molar-refractivity contribution in [3.63, 3.8) is 0 Å². The minimum atomic E-state index is 0.635. The molecule has 2 aromatic carbocycles. The van der Waals surface area contributed by atoms with Crippen molar-refractivity contribution in [3.8, 4) is 5.75 Å². The Morgan fingerprint density at radius 2 is 1.73 bits per heavy atom. The molecule has 2 N–H and O–H groups in total. The van der Waals surface area contributed by atoms with Crippen LogP contribution >= 0.6 is 0 Å². The van der Waals surface area contributed by atoms with E-state index in [-0.39, 0.29) is 0 Å². The molecule has 0 amide bonds. The topological polar surface area (TPSA) is 48.9 Å². The molecule has 0 saturated heterocycles. The van der Waals surface area contributed by atoms with Crippen LogP contribution in [0.25, 0.3) is 0 Å². The number of rotatable bonds is 8. The molecule has 2 rings (SSSR count). The van der Waals surface area contributed by atoms with Crippen molar-refractivity contribution >= 4 is 11.6 Å². The van der Waals surface area contributed by atoms with Crippen molar-refractivity contribution in [2.75, 3.05) is 32.1 Å². The van der Waals surface area contributed by atoms with Crippen LogP contribution in [0.3, 0.4) is 0 Å². The van der Waals surface area contributed by atoms with Crippen LogP contribution in [0.2, 0.25) is 0 Å². The van der Waals surface area contributed by atoms with E-state index in [1.54, 1.807) is 0 Å². The van der Waals surface area contributed by atoms with E-state index in [4.69, 9.17) is 4.74 Å². The van der Waals surface area contributed by atoms with Crippen LogP contribution in [-0.4, -0.2) is 33.2 Å². The molecule has 0 aliphatic rings. The first-order valence-corrected chi connectivity index (χ1v) is 9.13. The van der Waals surface area contributed by atoms with Crippen LogP contribution in [0.5, 0.6) is 5.75 Å². The number of nitrogens with one attached hydrogen (secondary N) is 2. The van der Waals surface area contributed by atoms with E-state index in [1.807, 2.05) is 39.2 Å². The Morgan fingerprint density at radius 1 is 1.00 bits per heavy atom. The average molecular weight is 354 g/mol. The summed E-state index contributed by atoms with van der Waals surface area (Å²) < 4.78 is 5.68. The SMILES string of the molecule is CCNC(=NCc1ccc(N(C)C)cc1)NCc1ccccc1OCC. The third-order valence-corrected chi connectivity index (χ3v) is 3.94. The van der Waals surface area contributed by atoms with E-state index < -0.39 is 0 Å². The third-order valence-electron chi connectivity index (χ3n) is 3.94. The van der Waals surface area contributed by atoms with E-state index >= 15 is 0 Å². The van der Waals surface area contributed by atoms with E-state index in [2.05, 4.69) is 57.8 Å². The summed E-state index contributed by atoms with van der Waals surface area (Å²) in [5.41, 5.74) is 3.49. The van der Waals surface area contributed by atoms with Gasteiger partial charge in [0.1, 0.15) is 5.75 Å². The number of benzene rings is 2. The molecular formula is C21H30N4O. The average Bonchev–Trinajstić information content (AvgIpc) is 2.65. The van der Waals surface area contributed by atoms with Gasteiger partial charge >= 0.3 is 0 Å². The lowest BCUT2D eigenvalue weighted by Crippen LogP contribution is -2.36. The molecule has 5 heteroatoms. The fourth-order valence-electron chi connectivity index (χ4n) is 2.54. The monoisotopic (exact) mass is 354 g/mol. The molecule has 0 atom stereocenters. The predicted molar refractivity (Wildman–Crippen MR) is 110 cm³/mol. The molecule has 0 radical (unpaired) electrons. The maximum atomic E-state index is 5.68. The zero-order valence-corrected chi connectivity index (χ0v) is 16.2. The molecule has 0 saturated carbocycles. The molecule has 2 aromatic rings. The Morgan fingerprint density at radius 3 is 2.38 bits per heavy atom. The molecule has 5 nitrogen and oxygen atoms in total. The minimum Gasteiger partial charge on any atom is -0.494 e. The third kappa shape index (κ3) is 5.99. The smallest absolute Gasteiger partial charge is 0.191 e. The zero-order chi connectivity index (χ0) is 18.8. The molecule has 0 spiro atoms. The van der Waals surface area contributed by atoms with Gasteiger partial charge in [0.05, 0.1) is 13.2 Å². The van der Waals surface area contributed by atoms with Gasteiger partial charge < -0.3 is 20.3 Å². The number of para-hydroxylation sites is 1. The van der Waals surface area contributed by atoms with E-state index in [0.717, 1.165) is 23.8 Å². The van der Waals surface area contributed by atoms with Gasteiger partial charge in [0.25, 0.3) is 0 Å². The van der Waals surface area contributed by atoms with Gasteiger partial charge in [-0.25, -0.2) is 4.99 Å². The van der Waals surface area contributed by atoms with Crippen molar-refractivity contribution in [1.82, 2.24) is 10.6 Å². The highest BCUT2D eigenvalue weighted by Gasteiger charge is 2.04. The van der Waals surface area contributed by atoms with Gasteiger partial charge in [0.15, 0.2) is 5.96 Å². The zero-order valence-electron chi connectivity index (χ0n) is 16.2. The van der Waals surface area contributed by atoms with Crippen molar-refractivity contribution in [1.29, 1.82) is 0 Å². The minimum absolute atomic E-state index is 0.635. The number of anilines is 1. The summed E-state index contributed by atoms with van der Waals surface area (Å²) in [5, 5.41) is 6.68. The van der Waals surface area contributed by atoms with Gasteiger partial charge in [-0.3, -0.25) is 0 Å². The molecule has 140 valence electrons. The number of ether oxygens (including phenoxy) is 1. The van der Waals surface area contributed by atoms with Gasteiger partial charge in [-0.1, -0.05) is 30.3 Å². The summed E-state index contributed by atoms with van der Waals surface area (Å²) in [6.07, 6.45) is 0. The fraction of sp³-hybridized carbons (Fsp3) is 0.381. The molecular weight excluding hydrogens is 324 g/mol. The molecule has 0 aliphatic heterocycles. The summed E-state index contributed by atoms with van der Waals surface area (Å²) >= 11 is 0. The van der Waals surface area contributed by atoms with Gasteiger partial charge in [0.2, 0.25) is 0 Å². The highest BCUT2D eigenvalue weighted by molar-refractivity contribution is 5.79. The first-order chi connectivity index (χ1) is 12.6. The van der Waals surface area contributed by atoms with Gasteiger partial charge in [-0.2, -0.15) is 0 Å². The summed E-state index contributed by atoms with van der Waals surface area (Å²) in [6, 6.07) is 16.5. The number of hydrogen-bond donors (Lipinski definition) is 2. The maximum Gasteiger partial charge on any atom is 0.191 e. The van der Waals surface area contributed by atoms with E-state index in [0.29, 0.717) is 19.7 Å². The second-order valence-corrected chi connectivity index (χ2v) is 6.15. The van der Waals surface area contributed by atoms with Crippen molar-refractivity contribution in [3.05, 3.63) is 59.7 Å². The Labute approximate surface area is 157 Å². The van der Waals surface area contributed by atoms with Crippen LogP contribution in [0, 0.1) is 0 Å². The molecule has 0 aliphatic carbocycles. The lowest BCUT2D eigenvalue weighted by atomic mass is 10.2. The summed E-state index contributed by atoms with van der Waals surface area (Å²) in [7, 11) is 4.08. The van der Waals surface area contributed by atoms with Crippen molar-refractivity contribution in [2.45, 2.75) is 26.9 Å². The van der Waals surface area contributed by atoms with Crippen LogP contribution < -0.4 is 20.3 Å². The van der Waals surface area contributed by atoms with Gasteiger partial charge in [0, 0.05) is 38.4 Å². The van der Waals surface area contributed by atoms with Gasteiger partial charge in [-0.15, -0.1) is 0 Å². The van der Waals surface area contributed by atoms with Crippen molar-refractivity contribution < 1.29 is 4.74 Å². The first kappa shape index (κ1) is 19.6. The lowest BCUT2D eigenvalue weighted by Gasteiger charge is -2.14. The highest BCUT2D eigenvalue weighted by Crippen LogP contribution is 2.17.